The van der Waals surface area contributed by atoms with E-state index < -0.39 is 10.0 Å². The van der Waals surface area contributed by atoms with Crippen molar-refractivity contribution < 1.29 is 13.5 Å². The Labute approximate surface area is 127 Å². The molecule has 1 aliphatic carbocycles. The Kier molecular flexibility index (Phi) is 5.75. The molecule has 5 nitrogen and oxygen atoms in total. The Balaban J connectivity index is 1.83. The third-order valence-electron chi connectivity index (χ3n) is 3.72. The number of hydrogen-bond donors (Lipinski definition) is 2. The monoisotopic (exact) mass is 312 g/mol. The van der Waals surface area contributed by atoms with Gasteiger partial charge in [0.2, 0.25) is 10.0 Å². The fourth-order valence-corrected chi connectivity index (χ4v) is 3.59. The summed E-state index contributed by atoms with van der Waals surface area (Å²) in [5.41, 5.74) is 1.43. The van der Waals surface area contributed by atoms with Crippen LogP contribution in [0.2, 0.25) is 0 Å². The van der Waals surface area contributed by atoms with Crippen LogP contribution in [0.1, 0.15) is 30.9 Å². The first-order chi connectivity index (χ1) is 10.0. The maximum Gasteiger partial charge on any atom is 0.215 e. The van der Waals surface area contributed by atoms with Gasteiger partial charge in [0.25, 0.3) is 0 Å². The standard InChI is InChI=1S/C15H24N2O3S/c1-2-17(15-6-7-15)9-8-16-21(19,20)12-14-5-3-4-13(10-14)11-18/h3-5,10,15-16,18H,2,6-9,11-12H2,1H3. The van der Waals surface area contributed by atoms with Crippen LogP contribution in [0.5, 0.6) is 0 Å². The summed E-state index contributed by atoms with van der Waals surface area (Å²) in [6.45, 7) is 4.20. The Morgan fingerprint density at radius 1 is 1.33 bits per heavy atom. The highest BCUT2D eigenvalue weighted by molar-refractivity contribution is 7.88. The zero-order chi connectivity index (χ0) is 15.3. The minimum absolute atomic E-state index is 0.0452. The van der Waals surface area contributed by atoms with Gasteiger partial charge in [0, 0.05) is 19.1 Å². The third kappa shape index (κ3) is 5.39. The first-order valence-corrected chi connectivity index (χ1v) is 9.09. The van der Waals surface area contributed by atoms with E-state index in [1.165, 1.54) is 12.8 Å². The zero-order valence-electron chi connectivity index (χ0n) is 12.5. The summed E-state index contributed by atoms with van der Waals surface area (Å²) in [6, 6.07) is 7.68. The molecule has 2 N–H and O–H groups in total. The Bertz CT molecular complexity index is 556. The van der Waals surface area contributed by atoms with Gasteiger partial charge in [0.05, 0.1) is 12.4 Å². The van der Waals surface area contributed by atoms with Crippen molar-refractivity contribution in [3.05, 3.63) is 35.4 Å². The maximum atomic E-state index is 12.1. The number of sulfonamides is 1. The fraction of sp³-hybridized carbons (Fsp3) is 0.600. The van der Waals surface area contributed by atoms with Crippen LogP contribution in [-0.2, 0) is 22.4 Å². The lowest BCUT2D eigenvalue weighted by molar-refractivity contribution is 0.281. The van der Waals surface area contributed by atoms with Crippen LogP contribution in [0.15, 0.2) is 24.3 Å². The molecule has 1 saturated carbocycles. The molecule has 0 heterocycles. The van der Waals surface area contributed by atoms with E-state index in [4.69, 9.17) is 5.11 Å². The number of nitrogens with one attached hydrogen (secondary N) is 1. The molecule has 0 aromatic heterocycles. The van der Waals surface area contributed by atoms with E-state index >= 15 is 0 Å². The highest BCUT2D eigenvalue weighted by atomic mass is 32.2. The maximum absolute atomic E-state index is 12.1. The molecule has 0 spiro atoms. The van der Waals surface area contributed by atoms with Crippen LogP contribution in [0.25, 0.3) is 0 Å². The summed E-state index contributed by atoms with van der Waals surface area (Å²) >= 11 is 0. The highest BCUT2D eigenvalue weighted by Crippen LogP contribution is 2.25. The van der Waals surface area contributed by atoms with Crippen LogP contribution in [0.3, 0.4) is 0 Å². The van der Waals surface area contributed by atoms with Crippen molar-refractivity contribution in [2.24, 2.45) is 0 Å². The number of rotatable bonds is 9. The van der Waals surface area contributed by atoms with Crippen molar-refractivity contribution >= 4 is 10.0 Å². The predicted octanol–water partition coefficient (Wildman–Crippen LogP) is 1.08. The molecule has 2 rings (SSSR count). The molecular formula is C15H24N2O3S. The van der Waals surface area contributed by atoms with Gasteiger partial charge in [0.1, 0.15) is 0 Å². The molecule has 0 radical (unpaired) electrons. The number of benzene rings is 1. The lowest BCUT2D eigenvalue weighted by atomic mass is 10.1. The minimum atomic E-state index is -3.33. The van der Waals surface area contributed by atoms with Crippen molar-refractivity contribution in [2.75, 3.05) is 19.6 Å². The van der Waals surface area contributed by atoms with Crippen LogP contribution < -0.4 is 4.72 Å². The van der Waals surface area contributed by atoms with Gasteiger partial charge < -0.3 is 5.11 Å². The lowest BCUT2D eigenvalue weighted by Gasteiger charge is -2.19. The van der Waals surface area contributed by atoms with Crippen molar-refractivity contribution in [3.8, 4) is 0 Å². The van der Waals surface area contributed by atoms with Crippen LogP contribution in [-0.4, -0.2) is 44.1 Å². The van der Waals surface area contributed by atoms with E-state index in [9.17, 15) is 8.42 Å². The quantitative estimate of drug-likeness (QED) is 0.716. The van der Waals surface area contributed by atoms with Crippen molar-refractivity contribution in [2.45, 2.75) is 38.2 Å². The molecule has 0 amide bonds. The van der Waals surface area contributed by atoms with Gasteiger partial charge in [-0.1, -0.05) is 31.2 Å². The average molecular weight is 312 g/mol. The molecule has 6 heteroatoms. The van der Waals surface area contributed by atoms with Crippen molar-refractivity contribution in [1.29, 1.82) is 0 Å². The summed E-state index contributed by atoms with van der Waals surface area (Å²) in [5.74, 6) is -0.0452. The number of likely N-dealkylation sites (N-methyl/N-ethyl adjacent to an activating group) is 1. The molecule has 1 fully saturated rings. The topological polar surface area (TPSA) is 69.6 Å². The third-order valence-corrected chi connectivity index (χ3v) is 5.08. The number of nitrogens with zero attached hydrogens (tertiary/aromatic N) is 1. The molecular weight excluding hydrogens is 288 g/mol. The first-order valence-electron chi connectivity index (χ1n) is 7.44. The Hall–Kier alpha value is -0.950. The van der Waals surface area contributed by atoms with Gasteiger partial charge in [-0.05, 0) is 30.5 Å². The molecule has 1 aromatic carbocycles. The number of aliphatic hydroxyl groups is 1. The van der Waals surface area contributed by atoms with Crippen LogP contribution >= 0.6 is 0 Å². The van der Waals surface area contributed by atoms with Gasteiger partial charge in [0.15, 0.2) is 0 Å². The Morgan fingerprint density at radius 2 is 2.05 bits per heavy atom. The molecule has 0 aliphatic heterocycles. The second-order valence-electron chi connectivity index (χ2n) is 5.49. The lowest BCUT2D eigenvalue weighted by Crippen LogP contribution is -2.36. The summed E-state index contributed by atoms with van der Waals surface area (Å²) in [5, 5.41) is 9.08. The van der Waals surface area contributed by atoms with E-state index in [0.717, 1.165) is 18.7 Å². The molecule has 0 atom stereocenters. The summed E-state index contributed by atoms with van der Waals surface area (Å²) in [7, 11) is -3.33. The van der Waals surface area contributed by atoms with Gasteiger partial charge in [-0.15, -0.1) is 0 Å². The second kappa shape index (κ2) is 7.35. The normalized spacial score (nSPS) is 15.6. The van der Waals surface area contributed by atoms with Crippen molar-refractivity contribution in [3.63, 3.8) is 0 Å². The van der Waals surface area contributed by atoms with Gasteiger partial charge >= 0.3 is 0 Å². The smallest absolute Gasteiger partial charge is 0.215 e. The average Bonchev–Trinajstić information content (AvgIpc) is 3.28. The molecule has 118 valence electrons. The first kappa shape index (κ1) is 16.4. The molecule has 1 aromatic rings. The van der Waals surface area contributed by atoms with E-state index in [0.29, 0.717) is 18.2 Å². The fourth-order valence-electron chi connectivity index (χ4n) is 2.47. The molecule has 0 saturated heterocycles. The largest absolute Gasteiger partial charge is 0.392 e. The second-order valence-corrected chi connectivity index (χ2v) is 7.30. The molecule has 1 aliphatic rings. The van der Waals surface area contributed by atoms with Gasteiger partial charge in [-0.3, -0.25) is 4.90 Å². The summed E-state index contributed by atoms with van der Waals surface area (Å²) < 4.78 is 26.8. The van der Waals surface area contributed by atoms with Gasteiger partial charge in [-0.2, -0.15) is 0 Å². The SMILES string of the molecule is CCN(CCNS(=O)(=O)Cc1cccc(CO)c1)C1CC1. The van der Waals surface area contributed by atoms with E-state index in [1.807, 2.05) is 0 Å². The van der Waals surface area contributed by atoms with Crippen LogP contribution in [0, 0.1) is 0 Å². The summed E-state index contributed by atoms with van der Waals surface area (Å²) in [6.07, 6.45) is 2.46. The van der Waals surface area contributed by atoms with E-state index in [1.54, 1.807) is 24.3 Å². The zero-order valence-corrected chi connectivity index (χ0v) is 13.3. The van der Waals surface area contributed by atoms with Crippen LogP contribution in [0.4, 0.5) is 0 Å². The van der Waals surface area contributed by atoms with Gasteiger partial charge in [-0.25, -0.2) is 13.1 Å². The molecule has 0 bridgehead atoms. The number of hydrogen-bond acceptors (Lipinski definition) is 4. The minimum Gasteiger partial charge on any atom is -0.392 e. The highest BCUT2D eigenvalue weighted by Gasteiger charge is 2.27. The molecule has 0 unspecified atom stereocenters. The predicted molar refractivity (Wildman–Crippen MR) is 83.3 cm³/mol. The van der Waals surface area contributed by atoms with Crippen molar-refractivity contribution in [1.82, 2.24) is 9.62 Å². The summed E-state index contributed by atoms with van der Waals surface area (Å²) in [4.78, 5) is 2.31. The Morgan fingerprint density at radius 3 is 2.67 bits per heavy atom. The van der Waals surface area contributed by atoms with E-state index in [2.05, 4.69) is 16.5 Å². The number of aliphatic hydroxyl groups excluding tert-OH is 1. The van der Waals surface area contributed by atoms with E-state index in [-0.39, 0.29) is 12.4 Å². The molecule has 21 heavy (non-hydrogen) atoms.